The molecule has 0 saturated carbocycles. The summed E-state index contributed by atoms with van der Waals surface area (Å²) in [5.41, 5.74) is 14.0. The fraction of sp³-hybridized carbons (Fsp3) is 0. The SMILES string of the molecule is c1ccc(-c2ccc(N(c3cccc(-c4cccc5c4oc4ccc6nc(-c7ccccc7)oc6c45)c3)c3ccccc3-c3cccc4ccccc34)cc2)cc1. The van der Waals surface area contributed by atoms with Gasteiger partial charge < -0.3 is 13.7 Å². The van der Waals surface area contributed by atoms with Crippen LogP contribution in [-0.2, 0) is 0 Å². The highest BCUT2D eigenvalue weighted by Crippen LogP contribution is 2.45. The zero-order valence-electron chi connectivity index (χ0n) is 30.8. The summed E-state index contributed by atoms with van der Waals surface area (Å²) < 4.78 is 13.2. The number of hydrogen-bond acceptors (Lipinski definition) is 4. The Morgan fingerprint density at radius 3 is 1.88 bits per heavy atom. The van der Waals surface area contributed by atoms with Crippen LogP contribution in [0.25, 0.3) is 88.6 Å². The Morgan fingerprint density at radius 1 is 0.386 bits per heavy atom. The second-order valence-electron chi connectivity index (χ2n) is 14.3. The Kier molecular flexibility index (Phi) is 7.78. The molecule has 4 nitrogen and oxygen atoms in total. The maximum atomic E-state index is 6.70. The molecule has 57 heavy (non-hydrogen) atoms. The van der Waals surface area contributed by atoms with Crippen LogP contribution in [0.1, 0.15) is 0 Å². The van der Waals surface area contributed by atoms with Crippen LogP contribution in [0.5, 0.6) is 0 Å². The number of benzene rings is 9. The number of anilines is 3. The minimum Gasteiger partial charge on any atom is -0.455 e. The molecule has 0 saturated heterocycles. The van der Waals surface area contributed by atoms with Crippen LogP contribution in [0.3, 0.4) is 0 Å². The van der Waals surface area contributed by atoms with E-state index in [0.717, 1.165) is 72.4 Å². The van der Waals surface area contributed by atoms with E-state index in [1.165, 1.54) is 27.5 Å². The summed E-state index contributed by atoms with van der Waals surface area (Å²) in [5.74, 6) is 0.594. The van der Waals surface area contributed by atoms with E-state index in [1.54, 1.807) is 0 Å². The average Bonchev–Trinajstić information content (AvgIpc) is 3.90. The molecule has 0 aliphatic carbocycles. The van der Waals surface area contributed by atoms with E-state index in [1.807, 2.05) is 42.5 Å². The number of aromatic nitrogens is 1. The van der Waals surface area contributed by atoms with Crippen LogP contribution < -0.4 is 4.90 Å². The third-order valence-electron chi connectivity index (χ3n) is 10.9. The van der Waals surface area contributed by atoms with Gasteiger partial charge in [-0.05, 0) is 87.6 Å². The van der Waals surface area contributed by atoms with Crippen molar-refractivity contribution < 1.29 is 8.83 Å². The molecule has 0 bridgehead atoms. The van der Waals surface area contributed by atoms with Crippen molar-refractivity contribution >= 4 is 60.9 Å². The van der Waals surface area contributed by atoms with Crippen LogP contribution in [0.15, 0.2) is 215 Å². The Morgan fingerprint density at radius 2 is 1.02 bits per heavy atom. The Bertz CT molecular complexity index is 3230. The second-order valence-corrected chi connectivity index (χ2v) is 14.3. The first-order chi connectivity index (χ1) is 28.3. The van der Waals surface area contributed by atoms with Crippen LogP contribution in [-0.4, -0.2) is 4.98 Å². The summed E-state index contributed by atoms with van der Waals surface area (Å²) in [7, 11) is 0. The summed E-state index contributed by atoms with van der Waals surface area (Å²) in [6.45, 7) is 0. The van der Waals surface area contributed by atoms with Crippen molar-refractivity contribution in [1.82, 2.24) is 4.98 Å². The normalized spacial score (nSPS) is 11.5. The minimum atomic E-state index is 0.594. The first-order valence-corrected chi connectivity index (χ1v) is 19.2. The molecule has 0 aliphatic heterocycles. The van der Waals surface area contributed by atoms with E-state index in [2.05, 4.69) is 169 Å². The highest BCUT2D eigenvalue weighted by Gasteiger charge is 2.22. The molecule has 11 rings (SSSR count). The molecule has 0 radical (unpaired) electrons. The molecule has 0 spiro atoms. The first kappa shape index (κ1) is 32.7. The van der Waals surface area contributed by atoms with Gasteiger partial charge in [0.2, 0.25) is 5.89 Å². The summed E-state index contributed by atoms with van der Waals surface area (Å²) in [6.07, 6.45) is 0. The Hall–Kier alpha value is -7.69. The standard InChI is InChI=1S/C53H34N2O2/c1-3-14-35(15-4-1)36-28-30-40(31-29-36)55(48-27-10-9-23-45(48)44-25-12-19-37-16-7-8-22-42(37)44)41-21-11-20-39(34-41)43-24-13-26-46-50-49(56-51(43)46)33-32-47-52(50)57-53(54-47)38-17-5-2-6-18-38/h1-34H. The molecule has 268 valence electrons. The van der Waals surface area contributed by atoms with Gasteiger partial charge in [0, 0.05) is 33.5 Å². The molecular formula is C53H34N2O2. The van der Waals surface area contributed by atoms with Crippen molar-refractivity contribution in [2.45, 2.75) is 0 Å². The van der Waals surface area contributed by atoms with Crippen LogP contribution in [0.2, 0.25) is 0 Å². The molecule has 0 fully saturated rings. The Balaban J connectivity index is 1.08. The fourth-order valence-electron chi connectivity index (χ4n) is 8.23. The van der Waals surface area contributed by atoms with Crippen molar-refractivity contribution in [3.8, 4) is 44.8 Å². The van der Waals surface area contributed by atoms with Crippen molar-refractivity contribution in [2.75, 3.05) is 4.90 Å². The van der Waals surface area contributed by atoms with Gasteiger partial charge in [0.05, 0.1) is 11.1 Å². The summed E-state index contributed by atoms with van der Waals surface area (Å²) in [4.78, 5) is 7.22. The van der Waals surface area contributed by atoms with E-state index in [-0.39, 0.29) is 0 Å². The van der Waals surface area contributed by atoms with Crippen LogP contribution in [0.4, 0.5) is 17.1 Å². The molecule has 11 aromatic rings. The number of para-hydroxylation sites is 2. The van der Waals surface area contributed by atoms with Gasteiger partial charge in [0.1, 0.15) is 16.7 Å². The number of nitrogens with zero attached hydrogens (tertiary/aromatic N) is 2. The average molecular weight is 731 g/mol. The maximum Gasteiger partial charge on any atom is 0.227 e. The zero-order valence-corrected chi connectivity index (χ0v) is 30.8. The van der Waals surface area contributed by atoms with Gasteiger partial charge in [0.15, 0.2) is 5.58 Å². The summed E-state index contributed by atoms with van der Waals surface area (Å²) in [6, 6.07) is 72.4. The zero-order chi connectivity index (χ0) is 37.7. The van der Waals surface area contributed by atoms with E-state index in [0.29, 0.717) is 5.89 Å². The Labute approximate surface area is 329 Å². The quantitative estimate of drug-likeness (QED) is 0.164. The van der Waals surface area contributed by atoms with Gasteiger partial charge in [-0.25, -0.2) is 4.98 Å². The van der Waals surface area contributed by atoms with Crippen molar-refractivity contribution in [1.29, 1.82) is 0 Å². The monoisotopic (exact) mass is 730 g/mol. The summed E-state index contributed by atoms with van der Waals surface area (Å²) >= 11 is 0. The largest absolute Gasteiger partial charge is 0.455 e. The van der Waals surface area contributed by atoms with Gasteiger partial charge in [-0.1, -0.05) is 152 Å². The van der Waals surface area contributed by atoms with E-state index in [4.69, 9.17) is 13.8 Å². The lowest BCUT2D eigenvalue weighted by Crippen LogP contribution is -2.11. The van der Waals surface area contributed by atoms with Crippen molar-refractivity contribution in [3.05, 3.63) is 206 Å². The predicted octanol–water partition coefficient (Wildman–Crippen LogP) is 15.0. The first-order valence-electron chi connectivity index (χ1n) is 19.2. The predicted molar refractivity (Wildman–Crippen MR) is 235 cm³/mol. The number of rotatable bonds is 7. The molecular weight excluding hydrogens is 697 g/mol. The van der Waals surface area contributed by atoms with Crippen molar-refractivity contribution in [2.24, 2.45) is 0 Å². The molecule has 0 unspecified atom stereocenters. The molecule has 0 atom stereocenters. The molecule has 2 aromatic heterocycles. The number of hydrogen-bond donors (Lipinski definition) is 0. The lowest BCUT2D eigenvalue weighted by Gasteiger charge is -2.29. The third kappa shape index (κ3) is 5.66. The maximum absolute atomic E-state index is 6.70. The molecule has 0 aliphatic rings. The number of furan rings is 1. The van der Waals surface area contributed by atoms with Gasteiger partial charge in [-0.15, -0.1) is 0 Å². The molecule has 2 heterocycles. The highest BCUT2D eigenvalue weighted by atomic mass is 16.4. The lowest BCUT2D eigenvalue weighted by molar-refractivity contribution is 0.622. The molecule has 9 aromatic carbocycles. The van der Waals surface area contributed by atoms with E-state index >= 15 is 0 Å². The molecule has 4 heteroatoms. The van der Waals surface area contributed by atoms with E-state index < -0.39 is 0 Å². The molecule has 0 N–H and O–H groups in total. The number of fused-ring (bicyclic) bond motifs is 6. The minimum absolute atomic E-state index is 0.594. The van der Waals surface area contributed by atoms with Crippen LogP contribution >= 0.6 is 0 Å². The smallest absolute Gasteiger partial charge is 0.227 e. The van der Waals surface area contributed by atoms with Gasteiger partial charge >= 0.3 is 0 Å². The van der Waals surface area contributed by atoms with Gasteiger partial charge in [-0.3, -0.25) is 0 Å². The van der Waals surface area contributed by atoms with Crippen molar-refractivity contribution in [3.63, 3.8) is 0 Å². The van der Waals surface area contributed by atoms with Crippen LogP contribution in [0, 0.1) is 0 Å². The highest BCUT2D eigenvalue weighted by molar-refractivity contribution is 6.18. The number of oxazole rings is 1. The van der Waals surface area contributed by atoms with Gasteiger partial charge in [0.25, 0.3) is 0 Å². The topological polar surface area (TPSA) is 42.4 Å². The van der Waals surface area contributed by atoms with Gasteiger partial charge in [-0.2, -0.15) is 0 Å². The van der Waals surface area contributed by atoms with E-state index in [9.17, 15) is 0 Å². The lowest BCUT2D eigenvalue weighted by atomic mass is 9.95. The summed E-state index contributed by atoms with van der Waals surface area (Å²) in [5, 5.41) is 4.35. The second kappa shape index (κ2) is 13.6. The fourth-order valence-corrected chi connectivity index (χ4v) is 8.23. The third-order valence-corrected chi connectivity index (χ3v) is 10.9. The molecule has 0 amide bonds.